The quantitative estimate of drug-likeness (QED) is 0.332. The lowest BCUT2D eigenvalue weighted by Gasteiger charge is -2.13. The Bertz CT molecular complexity index is 1210. The third-order valence-electron chi connectivity index (χ3n) is 4.63. The van der Waals surface area contributed by atoms with Crippen molar-refractivity contribution in [3.63, 3.8) is 0 Å². The SMILES string of the molecule is CCCCCc1c2nc3ccc(NC(=O)[C@H](C)N)cc3oc-2cc(=O)c1Cl.O=C(O)C(F)(F)F. The number of unbranched alkanes of at least 4 members (excludes halogenated alkanes) is 2. The number of carbonyl (C=O) groups excluding carboxylic acids is 1. The summed E-state index contributed by atoms with van der Waals surface area (Å²) in [5, 5.41) is 10.0. The minimum atomic E-state index is -5.08. The zero-order chi connectivity index (χ0) is 25.6. The van der Waals surface area contributed by atoms with Crippen molar-refractivity contribution >= 4 is 40.3 Å². The first kappa shape index (κ1) is 27.1. The first-order chi connectivity index (χ1) is 15.8. The van der Waals surface area contributed by atoms with Gasteiger partial charge in [0, 0.05) is 23.4 Å². The Morgan fingerprint density at radius 1 is 1.26 bits per heavy atom. The van der Waals surface area contributed by atoms with Crippen LogP contribution in [0.5, 0.6) is 0 Å². The molecule has 3 rings (SSSR count). The van der Waals surface area contributed by atoms with Gasteiger partial charge >= 0.3 is 12.1 Å². The molecule has 0 fully saturated rings. The van der Waals surface area contributed by atoms with Crippen LogP contribution in [-0.4, -0.2) is 34.2 Å². The van der Waals surface area contributed by atoms with E-state index in [1.165, 1.54) is 6.07 Å². The van der Waals surface area contributed by atoms with Crippen LogP contribution in [0.25, 0.3) is 22.6 Å². The lowest BCUT2D eigenvalue weighted by molar-refractivity contribution is -0.192. The molecule has 34 heavy (non-hydrogen) atoms. The maximum Gasteiger partial charge on any atom is 0.490 e. The number of anilines is 1. The third kappa shape index (κ3) is 6.91. The van der Waals surface area contributed by atoms with E-state index in [4.69, 9.17) is 31.7 Å². The van der Waals surface area contributed by atoms with E-state index in [9.17, 15) is 22.8 Å². The lowest BCUT2D eigenvalue weighted by atomic mass is 10.0. The minimum absolute atomic E-state index is 0.210. The highest BCUT2D eigenvalue weighted by Gasteiger charge is 2.38. The predicted molar refractivity (Wildman–Crippen MR) is 121 cm³/mol. The Hall–Kier alpha value is -3.18. The van der Waals surface area contributed by atoms with Gasteiger partial charge in [-0.2, -0.15) is 13.2 Å². The van der Waals surface area contributed by atoms with Gasteiger partial charge in [0.05, 0.1) is 11.1 Å². The molecule has 0 saturated heterocycles. The summed E-state index contributed by atoms with van der Waals surface area (Å²) in [4.78, 5) is 37.5. The second kappa shape index (κ2) is 11.3. The molecule has 2 aliphatic rings. The van der Waals surface area contributed by atoms with Crippen LogP contribution >= 0.6 is 11.6 Å². The molecular weight excluding hydrogens is 479 g/mol. The number of alkyl halides is 3. The van der Waals surface area contributed by atoms with Crippen LogP contribution in [0, 0.1) is 0 Å². The maximum atomic E-state index is 12.2. The number of hydrogen-bond donors (Lipinski definition) is 3. The van der Waals surface area contributed by atoms with E-state index < -0.39 is 18.2 Å². The average molecular weight is 502 g/mol. The highest BCUT2D eigenvalue weighted by Crippen LogP contribution is 2.32. The fourth-order valence-corrected chi connectivity index (χ4v) is 3.13. The Labute approximate surface area is 197 Å². The summed E-state index contributed by atoms with van der Waals surface area (Å²) >= 11 is 6.26. The number of rotatable bonds is 6. The van der Waals surface area contributed by atoms with Crippen molar-refractivity contribution in [1.29, 1.82) is 0 Å². The zero-order valence-electron chi connectivity index (χ0n) is 18.3. The Morgan fingerprint density at radius 2 is 1.91 bits per heavy atom. The van der Waals surface area contributed by atoms with Crippen LogP contribution in [0.3, 0.4) is 0 Å². The number of benzene rings is 2. The summed E-state index contributed by atoms with van der Waals surface area (Å²) in [5.41, 5.74) is 8.27. The molecule has 8 nitrogen and oxygen atoms in total. The standard InChI is InChI=1S/C20H22ClN3O3.C2HF3O2/c1-3-4-5-6-13-18(21)15(25)10-17-19(13)24-14-8-7-12(9-16(14)27-17)23-20(26)11(2)22;3-2(4,5)1(6)7/h7-11H,3-6,22H2,1-2H3,(H,23,26);(H,6,7)/t11-;/m0./s1. The lowest BCUT2D eigenvalue weighted by Crippen LogP contribution is -2.32. The van der Waals surface area contributed by atoms with Crippen molar-refractivity contribution in [3.05, 3.63) is 45.1 Å². The number of aliphatic carboxylic acids is 1. The smallest absolute Gasteiger partial charge is 0.475 e. The first-order valence-corrected chi connectivity index (χ1v) is 10.7. The van der Waals surface area contributed by atoms with Gasteiger partial charge in [-0.05, 0) is 31.9 Å². The van der Waals surface area contributed by atoms with Crippen LogP contribution < -0.4 is 16.5 Å². The first-order valence-electron chi connectivity index (χ1n) is 10.3. The van der Waals surface area contributed by atoms with E-state index in [0.717, 1.165) is 24.8 Å². The average Bonchev–Trinajstić information content (AvgIpc) is 2.75. The van der Waals surface area contributed by atoms with Crippen molar-refractivity contribution < 1.29 is 32.3 Å². The topological polar surface area (TPSA) is 136 Å². The molecule has 184 valence electrons. The molecule has 1 aliphatic carbocycles. The molecule has 0 bridgehead atoms. The number of carbonyl (C=O) groups is 2. The fraction of sp³-hybridized carbons (Fsp3) is 0.364. The van der Waals surface area contributed by atoms with E-state index >= 15 is 0 Å². The van der Waals surface area contributed by atoms with Crippen LogP contribution in [0.15, 0.2) is 33.5 Å². The van der Waals surface area contributed by atoms with E-state index in [2.05, 4.69) is 17.2 Å². The second-order valence-electron chi connectivity index (χ2n) is 7.45. The zero-order valence-corrected chi connectivity index (χ0v) is 19.1. The van der Waals surface area contributed by atoms with Crippen LogP contribution in [0.1, 0.15) is 38.7 Å². The van der Waals surface area contributed by atoms with Gasteiger partial charge in [-0.1, -0.05) is 31.4 Å². The molecule has 1 atom stereocenters. The van der Waals surface area contributed by atoms with Crippen molar-refractivity contribution in [3.8, 4) is 11.5 Å². The van der Waals surface area contributed by atoms with Gasteiger partial charge < -0.3 is 20.6 Å². The van der Waals surface area contributed by atoms with Gasteiger partial charge in [0.15, 0.2) is 11.3 Å². The molecule has 0 spiro atoms. The van der Waals surface area contributed by atoms with E-state index in [0.29, 0.717) is 34.7 Å². The Kier molecular flexibility index (Phi) is 9.00. The predicted octanol–water partition coefficient (Wildman–Crippen LogP) is 4.60. The monoisotopic (exact) mass is 501 g/mol. The summed E-state index contributed by atoms with van der Waals surface area (Å²) in [6.07, 6.45) is -1.36. The van der Waals surface area contributed by atoms with Crippen molar-refractivity contribution in [2.45, 2.75) is 51.7 Å². The normalized spacial score (nSPS) is 12.2. The highest BCUT2D eigenvalue weighted by atomic mass is 35.5. The summed E-state index contributed by atoms with van der Waals surface area (Å²) < 4.78 is 37.6. The number of fused-ring (bicyclic) bond motifs is 2. The Balaban J connectivity index is 0.000000509. The number of carboxylic acid groups (broad SMARTS) is 1. The van der Waals surface area contributed by atoms with E-state index in [1.54, 1.807) is 25.1 Å². The van der Waals surface area contributed by atoms with Gasteiger partial charge in [-0.15, -0.1) is 0 Å². The molecule has 1 amide bonds. The van der Waals surface area contributed by atoms with Crippen molar-refractivity contribution in [2.24, 2.45) is 5.73 Å². The van der Waals surface area contributed by atoms with E-state index in [-0.39, 0.29) is 16.4 Å². The molecule has 4 N–H and O–H groups in total. The number of carboxylic acids is 1. The number of halogens is 4. The van der Waals surface area contributed by atoms with Gasteiger partial charge in [-0.25, -0.2) is 9.78 Å². The molecular formula is C22H23ClF3N3O5. The maximum absolute atomic E-state index is 12.2. The van der Waals surface area contributed by atoms with Crippen molar-refractivity contribution in [2.75, 3.05) is 5.32 Å². The molecule has 12 heteroatoms. The molecule has 1 aromatic rings. The number of amides is 1. The van der Waals surface area contributed by atoms with Crippen LogP contribution in [0.4, 0.5) is 18.9 Å². The highest BCUT2D eigenvalue weighted by molar-refractivity contribution is 6.31. The van der Waals surface area contributed by atoms with Crippen molar-refractivity contribution in [1.82, 2.24) is 4.98 Å². The number of hydrogen-bond acceptors (Lipinski definition) is 6. The summed E-state index contributed by atoms with van der Waals surface area (Å²) in [5.74, 6) is -2.67. The number of nitrogens with zero attached hydrogens (tertiary/aromatic N) is 1. The minimum Gasteiger partial charge on any atom is -0.475 e. The molecule has 0 saturated carbocycles. The fourth-order valence-electron chi connectivity index (χ4n) is 2.89. The number of aromatic nitrogens is 1. The van der Waals surface area contributed by atoms with Gasteiger partial charge in [0.25, 0.3) is 0 Å². The van der Waals surface area contributed by atoms with Gasteiger partial charge in [-0.3, -0.25) is 9.59 Å². The second-order valence-corrected chi connectivity index (χ2v) is 7.83. The molecule has 0 radical (unpaired) electrons. The van der Waals surface area contributed by atoms with Crippen LogP contribution in [0.2, 0.25) is 5.02 Å². The van der Waals surface area contributed by atoms with Gasteiger partial charge in [0.1, 0.15) is 11.2 Å². The molecule has 1 aromatic carbocycles. The van der Waals surface area contributed by atoms with Gasteiger partial charge in [0.2, 0.25) is 11.3 Å². The Morgan fingerprint density at radius 3 is 2.47 bits per heavy atom. The van der Waals surface area contributed by atoms with Crippen LogP contribution in [-0.2, 0) is 16.0 Å². The van der Waals surface area contributed by atoms with E-state index in [1.807, 2.05) is 0 Å². The largest absolute Gasteiger partial charge is 0.490 e. The number of nitrogens with two attached hydrogens (primary N) is 1. The molecule has 1 aliphatic heterocycles. The third-order valence-corrected chi connectivity index (χ3v) is 5.04. The summed E-state index contributed by atoms with van der Waals surface area (Å²) in [6.45, 7) is 3.72. The summed E-state index contributed by atoms with van der Waals surface area (Å²) in [6, 6.07) is 5.89. The number of nitrogens with one attached hydrogen (secondary N) is 1. The molecule has 0 unspecified atom stereocenters. The summed E-state index contributed by atoms with van der Waals surface area (Å²) in [7, 11) is 0. The molecule has 0 aromatic heterocycles. The molecule has 1 heterocycles.